The molecule has 3 aromatic carbocycles. The largest absolute Gasteiger partial charge is 0.486 e. The summed E-state index contributed by atoms with van der Waals surface area (Å²) in [4.78, 5) is 23.1. The second-order valence-electron chi connectivity index (χ2n) is 7.40. The molecule has 0 fully saturated rings. The van der Waals surface area contributed by atoms with Crippen LogP contribution in [0.5, 0.6) is 5.75 Å². The molecule has 0 atom stereocenters. The quantitative estimate of drug-likeness (QED) is 0.171. The van der Waals surface area contributed by atoms with E-state index in [0.717, 1.165) is 11.1 Å². The van der Waals surface area contributed by atoms with Gasteiger partial charge in [0.05, 0.1) is 15.0 Å². The summed E-state index contributed by atoms with van der Waals surface area (Å²) in [5.41, 5.74) is 3.36. The number of nitrogens with one attached hydrogen (secondary N) is 1. The standard InChI is InChI=1S/C25H19Cl2N3O4/c1-15-5-3-8-23(16(15)2)29-25(31)19(13-28)9-18-11-21(26)24(22(27)12-18)34-14-17-6-4-7-20(10-17)30(32)33/h3-12H,14H2,1-2H3,(H,29,31)/b19-9+. The first kappa shape index (κ1) is 24.8. The summed E-state index contributed by atoms with van der Waals surface area (Å²) in [7, 11) is 0. The van der Waals surface area contributed by atoms with Gasteiger partial charge >= 0.3 is 0 Å². The van der Waals surface area contributed by atoms with Crippen molar-refractivity contribution in [1.29, 1.82) is 5.26 Å². The lowest BCUT2D eigenvalue weighted by Gasteiger charge is -2.12. The maximum Gasteiger partial charge on any atom is 0.269 e. The Balaban J connectivity index is 1.79. The van der Waals surface area contributed by atoms with E-state index in [2.05, 4.69) is 5.32 Å². The topological polar surface area (TPSA) is 105 Å². The maximum atomic E-state index is 12.6. The van der Waals surface area contributed by atoms with Gasteiger partial charge in [-0.1, -0.05) is 47.5 Å². The highest BCUT2D eigenvalue weighted by Crippen LogP contribution is 2.35. The van der Waals surface area contributed by atoms with E-state index in [1.54, 1.807) is 18.2 Å². The molecule has 0 aliphatic carbocycles. The van der Waals surface area contributed by atoms with E-state index in [1.165, 1.54) is 30.3 Å². The normalized spacial score (nSPS) is 11.0. The van der Waals surface area contributed by atoms with Gasteiger partial charge in [-0.05, 0) is 60.4 Å². The number of anilines is 1. The van der Waals surface area contributed by atoms with Crippen LogP contribution in [0.4, 0.5) is 11.4 Å². The minimum atomic E-state index is -0.561. The third-order valence-corrected chi connectivity index (χ3v) is 5.62. The average Bonchev–Trinajstić information content (AvgIpc) is 2.80. The van der Waals surface area contributed by atoms with Gasteiger partial charge in [0, 0.05) is 17.8 Å². The molecule has 0 unspecified atom stereocenters. The first-order valence-electron chi connectivity index (χ1n) is 10.0. The molecule has 0 aromatic heterocycles. The van der Waals surface area contributed by atoms with Gasteiger partial charge in [0.2, 0.25) is 0 Å². The molecule has 3 rings (SSSR count). The Morgan fingerprint density at radius 2 is 1.82 bits per heavy atom. The molecule has 34 heavy (non-hydrogen) atoms. The number of hydrogen-bond donors (Lipinski definition) is 1. The molecule has 172 valence electrons. The second kappa shape index (κ2) is 10.8. The van der Waals surface area contributed by atoms with Crippen LogP contribution in [-0.4, -0.2) is 10.8 Å². The summed E-state index contributed by atoms with van der Waals surface area (Å²) in [6, 6.07) is 16.4. The van der Waals surface area contributed by atoms with E-state index in [1.807, 2.05) is 32.0 Å². The van der Waals surface area contributed by atoms with E-state index < -0.39 is 10.8 Å². The van der Waals surface area contributed by atoms with E-state index in [9.17, 15) is 20.2 Å². The minimum Gasteiger partial charge on any atom is -0.486 e. The summed E-state index contributed by atoms with van der Waals surface area (Å²) in [5, 5.41) is 23.5. The maximum absolute atomic E-state index is 12.6. The number of ether oxygens (including phenoxy) is 1. The monoisotopic (exact) mass is 495 g/mol. The van der Waals surface area contributed by atoms with Crippen LogP contribution >= 0.6 is 23.2 Å². The van der Waals surface area contributed by atoms with Crippen LogP contribution < -0.4 is 10.1 Å². The predicted octanol–water partition coefficient (Wildman–Crippen LogP) is 6.64. The molecule has 0 bridgehead atoms. The van der Waals surface area contributed by atoms with Crippen LogP contribution in [0.3, 0.4) is 0 Å². The molecule has 0 spiro atoms. The number of hydrogen-bond acceptors (Lipinski definition) is 5. The van der Waals surface area contributed by atoms with Gasteiger partial charge in [-0.15, -0.1) is 0 Å². The lowest BCUT2D eigenvalue weighted by molar-refractivity contribution is -0.384. The fourth-order valence-corrected chi connectivity index (χ4v) is 3.72. The van der Waals surface area contributed by atoms with Crippen LogP contribution in [0.1, 0.15) is 22.3 Å². The zero-order valence-electron chi connectivity index (χ0n) is 18.3. The zero-order chi connectivity index (χ0) is 24.8. The number of benzene rings is 3. The predicted molar refractivity (Wildman–Crippen MR) is 132 cm³/mol. The SMILES string of the molecule is Cc1cccc(NC(=O)/C(C#N)=C/c2cc(Cl)c(OCc3cccc([N+](=O)[O-])c3)c(Cl)c2)c1C. The number of non-ortho nitro benzene ring substituents is 1. The molecule has 0 aliphatic heterocycles. The molecular weight excluding hydrogens is 477 g/mol. The summed E-state index contributed by atoms with van der Waals surface area (Å²) < 4.78 is 5.67. The highest BCUT2D eigenvalue weighted by molar-refractivity contribution is 6.37. The van der Waals surface area contributed by atoms with Crippen LogP contribution in [0.2, 0.25) is 10.0 Å². The fourth-order valence-electron chi connectivity index (χ4n) is 3.11. The van der Waals surface area contributed by atoms with Crippen molar-refractivity contribution in [3.05, 3.63) is 103 Å². The van der Waals surface area contributed by atoms with Gasteiger partial charge < -0.3 is 10.1 Å². The Morgan fingerprint density at radius 3 is 2.47 bits per heavy atom. The molecule has 0 saturated heterocycles. The number of aryl methyl sites for hydroxylation is 1. The Morgan fingerprint density at radius 1 is 1.15 bits per heavy atom. The summed E-state index contributed by atoms with van der Waals surface area (Å²) in [6.07, 6.45) is 1.38. The summed E-state index contributed by atoms with van der Waals surface area (Å²) >= 11 is 12.7. The lowest BCUT2D eigenvalue weighted by atomic mass is 10.1. The van der Waals surface area contributed by atoms with Crippen molar-refractivity contribution in [2.45, 2.75) is 20.5 Å². The molecule has 7 nitrogen and oxygen atoms in total. The smallest absolute Gasteiger partial charge is 0.269 e. The number of carbonyl (C=O) groups excluding carboxylic acids is 1. The molecule has 3 aromatic rings. The van der Waals surface area contributed by atoms with E-state index >= 15 is 0 Å². The number of nitriles is 1. The highest BCUT2D eigenvalue weighted by atomic mass is 35.5. The number of amides is 1. The van der Waals surface area contributed by atoms with E-state index in [0.29, 0.717) is 16.8 Å². The Hall–Kier alpha value is -3.86. The van der Waals surface area contributed by atoms with E-state index in [-0.39, 0.29) is 33.7 Å². The molecule has 1 amide bonds. The molecule has 0 aliphatic rings. The van der Waals surface area contributed by atoms with Gasteiger partial charge in [0.1, 0.15) is 18.2 Å². The van der Waals surface area contributed by atoms with Crippen molar-refractivity contribution >= 4 is 46.6 Å². The summed E-state index contributed by atoms with van der Waals surface area (Å²) in [5.74, 6) is -0.375. The number of nitro benzene ring substituents is 1. The van der Waals surface area contributed by atoms with Crippen LogP contribution in [0.25, 0.3) is 6.08 Å². The van der Waals surface area contributed by atoms with Crippen LogP contribution in [-0.2, 0) is 11.4 Å². The first-order valence-corrected chi connectivity index (χ1v) is 10.8. The number of rotatable bonds is 7. The lowest BCUT2D eigenvalue weighted by Crippen LogP contribution is -2.14. The van der Waals surface area contributed by atoms with Gasteiger partial charge in [-0.2, -0.15) is 5.26 Å². The van der Waals surface area contributed by atoms with Crippen molar-refractivity contribution in [2.75, 3.05) is 5.32 Å². The number of nitro groups is 1. The van der Waals surface area contributed by atoms with Gasteiger partial charge in [0.25, 0.3) is 11.6 Å². The van der Waals surface area contributed by atoms with Crippen molar-refractivity contribution in [2.24, 2.45) is 0 Å². The number of halogens is 2. The summed E-state index contributed by atoms with van der Waals surface area (Å²) in [6.45, 7) is 3.82. The minimum absolute atomic E-state index is 0.0119. The van der Waals surface area contributed by atoms with Crippen molar-refractivity contribution < 1.29 is 14.5 Å². The van der Waals surface area contributed by atoms with Crippen molar-refractivity contribution in [3.63, 3.8) is 0 Å². The van der Waals surface area contributed by atoms with Crippen LogP contribution in [0.15, 0.2) is 60.2 Å². The van der Waals surface area contributed by atoms with E-state index in [4.69, 9.17) is 27.9 Å². The van der Waals surface area contributed by atoms with Gasteiger partial charge in [0.15, 0.2) is 5.75 Å². The highest BCUT2D eigenvalue weighted by Gasteiger charge is 2.15. The molecule has 0 heterocycles. The number of nitrogens with zero attached hydrogens (tertiary/aromatic N) is 2. The Labute approximate surface area is 206 Å². The van der Waals surface area contributed by atoms with Crippen LogP contribution in [0, 0.1) is 35.3 Å². The Bertz CT molecular complexity index is 1320. The molecule has 0 saturated carbocycles. The van der Waals surface area contributed by atoms with Crippen molar-refractivity contribution in [1.82, 2.24) is 0 Å². The molecule has 0 radical (unpaired) electrons. The molecule has 9 heteroatoms. The van der Waals surface area contributed by atoms with Crippen molar-refractivity contribution in [3.8, 4) is 11.8 Å². The molecular formula is C25H19Cl2N3O4. The number of carbonyl (C=O) groups is 1. The van der Waals surface area contributed by atoms with Gasteiger partial charge in [-0.25, -0.2) is 0 Å². The second-order valence-corrected chi connectivity index (χ2v) is 8.22. The van der Waals surface area contributed by atoms with Gasteiger partial charge in [-0.3, -0.25) is 14.9 Å². The zero-order valence-corrected chi connectivity index (χ0v) is 19.8. The third-order valence-electron chi connectivity index (χ3n) is 5.05. The average molecular weight is 496 g/mol. The third kappa shape index (κ3) is 5.93. The Kier molecular flexibility index (Phi) is 7.90. The first-order chi connectivity index (χ1) is 16.2. The fraction of sp³-hybridized carbons (Fsp3) is 0.120. The molecule has 1 N–H and O–H groups in total.